The summed E-state index contributed by atoms with van der Waals surface area (Å²) in [5.74, 6) is -0.237. The maximum atomic E-state index is 9.42. The van der Waals surface area contributed by atoms with Crippen LogP contribution in [-0.2, 0) is 0 Å². The van der Waals surface area contributed by atoms with Gasteiger partial charge in [-0.15, -0.1) is 0 Å². The summed E-state index contributed by atoms with van der Waals surface area (Å²) < 4.78 is 0. The van der Waals surface area contributed by atoms with Crippen molar-refractivity contribution in [1.29, 1.82) is 0 Å². The third-order valence-corrected chi connectivity index (χ3v) is 2.97. The Morgan fingerprint density at radius 2 is 1.79 bits per heavy atom. The summed E-state index contributed by atoms with van der Waals surface area (Å²) in [5, 5.41) is 18.7. The lowest BCUT2D eigenvalue weighted by Crippen LogP contribution is -1.84. The zero-order valence-electron chi connectivity index (χ0n) is 10.8. The maximum absolute atomic E-state index is 9.42. The third-order valence-electron chi connectivity index (χ3n) is 2.97. The van der Waals surface area contributed by atoms with Crippen LogP contribution in [0.1, 0.15) is 16.7 Å². The zero-order chi connectivity index (χ0) is 13.8. The molecule has 2 N–H and O–H groups in total. The molecule has 0 fully saturated rings. The van der Waals surface area contributed by atoms with Crippen molar-refractivity contribution >= 4 is 11.6 Å². The predicted octanol–water partition coefficient (Wildman–Crippen LogP) is 4.13. The number of rotatable bonds is 3. The lowest BCUT2D eigenvalue weighted by atomic mass is 10.0. The molecule has 0 saturated heterocycles. The van der Waals surface area contributed by atoms with E-state index in [-0.39, 0.29) is 11.5 Å². The number of phenols is 2. The molecule has 0 heterocycles. The Bertz CT molecular complexity index is 639. The standard InChI is InChI=1S/C17H16O2/c1-12-5-3-4-6-15(12)13(2)7-8-14-9-10-16(18)17(19)11-14/h3-11,18-19H,2H2,1H3/b8-7+. The Balaban J connectivity index is 2.21. The monoisotopic (exact) mass is 252 g/mol. The Morgan fingerprint density at radius 1 is 1.05 bits per heavy atom. The maximum Gasteiger partial charge on any atom is 0.157 e. The summed E-state index contributed by atoms with van der Waals surface area (Å²) in [7, 11) is 0. The summed E-state index contributed by atoms with van der Waals surface area (Å²) in [6.07, 6.45) is 3.75. The molecule has 2 aromatic carbocycles. The van der Waals surface area contributed by atoms with Gasteiger partial charge in [0.1, 0.15) is 0 Å². The van der Waals surface area contributed by atoms with Crippen LogP contribution in [0.15, 0.2) is 55.1 Å². The van der Waals surface area contributed by atoms with E-state index >= 15 is 0 Å². The average molecular weight is 252 g/mol. The van der Waals surface area contributed by atoms with E-state index in [1.807, 2.05) is 43.3 Å². The highest BCUT2D eigenvalue weighted by atomic mass is 16.3. The highest BCUT2D eigenvalue weighted by Gasteiger charge is 2.00. The lowest BCUT2D eigenvalue weighted by molar-refractivity contribution is 0.403. The molecule has 2 heteroatoms. The molecule has 2 rings (SSSR count). The molecule has 2 aromatic rings. The smallest absolute Gasteiger partial charge is 0.157 e. The van der Waals surface area contributed by atoms with Crippen LogP contribution in [0.4, 0.5) is 0 Å². The Kier molecular flexibility index (Phi) is 3.71. The fraction of sp³-hybridized carbons (Fsp3) is 0.0588. The SMILES string of the molecule is C=C(/C=C/c1ccc(O)c(O)c1)c1ccccc1C. The Labute approximate surface area is 113 Å². The first-order valence-electron chi connectivity index (χ1n) is 6.03. The van der Waals surface area contributed by atoms with Crippen molar-refractivity contribution in [2.24, 2.45) is 0 Å². The van der Waals surface area contributed by atoms with Gasteiger partial charge in [-0.05, 0) is 41.3 Å². The van der Waals surface area contributed by atoms with Crippen LogP contribution in [0.3, 0.4) is 0 Å². The first-order chi connectivity index (χ1) is 9.08. The van der Waals surface area contributed by atoms with E-state index in [9.17, 15) is 10.2 Å². The molecule has 96 valence electrons. The van der Waals surface area contributed by atoms with Gasteiger partial charge < -0.3 is 10.2 Å². The van der Waals surface area contributed by atoms with Crippen molar-refractivity contribution in [2.45, 2.75) is 6.92 Å². The number of hydrogen-bond donors (Lipinski definition) is 2. The van der Waals surface area contributed by atoms with Crippen LogP contribution in [0.5, 0.6) is 11.5 Å². The first kappa shape index (κ1) is 13.0. The van der Waals surface area contributed by atoms with Gasteiger partial charge >= 0.3 is 0 Å². The van der Waals surface area contributed by atoms with Crippen LogP contribution < -0.4 is 0 Å². The van der Waals surface area contributed by atoms with Crippen LogP contribution in [0.25, 0.3) is 11.6 Å². The Morgan fingerprint density at radius 3 is 2.47 bits per heavy atom. The van der Waals surface area contributed by atoms with Gasteiger partial charge in [-0.1, -0.05) is 49.1 Å². The van der Waals surface area contributed by atoms with Crippen molar-refractivity contribution in [3.05, 3.63) is 71.8 Å². The summed E-state index contributed by atoms with van der Waals surface area (Å²) in [5.41, 5.74) is 3.99. The molecule has 0 aliphatic heterocycles. The van der Waals surface area contributed by atoms with Crippen LogP contribution in [0, 0.1) is 6.92 Å². The number of aryl methyl sites for hydroxylation is 1. The van der Waals surface area contributed by atoms with Crippen molar-refractivity contribution in [1.82, 2.24) is 0 Å². The molecule has 0 unspecified atom stereocenters. The number of allylic oxidation sites excluding steroid dienone is 2. The average Bonchev–Trinajstić information content (AvgIpc) is 2.40. The van der Waals surface area contributed by atoms with Crippen molar-refractivity contribution in [2.75, 3.05) is 0 Å². The second-order valence-corrected chi connectivity index (χ2v) is 4.42. The quantitative estimate of drug-likeness (QED) is 0.637. The van der Waals surface area contributed by atoms with Gasteiger partial charge in [0.2, 0.25) is 0 Å². The fourth-order valence-electron chi connectivity index (χ4n) is 1.86. The number of hydrogen-bond acceptors (Lipinski definition) is 2. The van der Waals surface area contributed by atoms with Crippen LogP contribution in [-0.4, -0.2) is 10.2 Å². The molecule has 2 nitrogen and oxygen atoms in total. The van der Waals surface area contributed by atoms with E-state index in [0.29, 0.717) is 0 Å². The van der Waals surface area contributed by atoms with Gasteiger partial charge in [0.15, 0.2) is 11.5 Å². The fourth-order valence-corrected chi connectivity index (χ4v) is 1.86. The summed E-state index contributed by atoms with van der Waals surface area (Å²) in [6.45, 7) is 6.08. The van der Waals surface area contributed by atoms with Crippen LogP contribution in [0.2, 0.25) is 0 Å². The van der Waals surface area contributed by atoms with Crippen molar-refractivity contribution in [3.8, 4) is 11.5 Å². The van der Waals surface area contributed by atoms with Gasteiger partial charge in [0.25, 0.3) is 0 Å². The highest BCUT2D eigenvalue weighted by molar-refractivity contribution is 5.79. The Hall–Kier alpha value is -2.48. The number of phenolic OH excluding ortho intramolecular Hbond substituents is 2. The van der Waals surface area contributed by atoms with Crippen molar-refractivity contribution < 1.29 is 10.2 Å². The van der Waals surface area contributed by atoms with Crippen LogP contribution >= 0.6 is 0 Å². The molecule has 0 aliphatic carbocycles. The molecule has 19 heavy (non-hydrogen) atoms. The number of aromatic hydroxyl groups is 2. The summed E-state index contributed by atoms with van der Waals surface area (Å²) >= 11 is 0. The van der Waals surface area contributed by atoms with E-state index in [1.54, 1.807) is 6.07 Å². The minimum absolute atomic E-state index is 0.116. The molecule has 0 amide bonds. The van der Waals surface area contributed by atoms with E-state index in [0.717, 1.165) is 16.7 Å². The van der Waals surface area contributed by atoms with E-state index < -0.39 is 0 Å². The lowest BCUT2D eigenvalue weighted by Gasteiger charge is -2.05. The van der Waals surface area contributed by atoms with Crippen molar-refractivity contribution in [3.63, 3.8) is 0 Å². The molecular formula is C17H16O2. The molecule has 0 radical (unpaired) electrons. The molecular weight excluding hydrogens is 236 g/mol. The third kappa shape index (κ3) is 3.05. The molecule has 0 bridgehead atoms. The summed E-state index contributed by atoms with van der Waals surface area (Å²) in [4.78, 5) is 0. The van der Waals surface area contributed by atoms with Gasteiger partial charge in [0.05, 0.1) is 0 Å². The van der Waals surface area contributed by atoms with Gasteiger partial charge in [-0.25, -0.2) is 0 Å². The topological polar surface area (TPSA) is 40.5 Å². The normalized spacial score (nSPS) is 10.8. The minimum Gasteiger partial charge on any atom is -0.504 e. The van der Waals surface area contributed by atoms with E-state index in [4.69, 9.17) is 0 Å². The molecule has 0 atom stereocenters. The van der Waals surface area contributed by atoms with E-state index in [1.165, 1.54) is 17.7 Å². The van der Waals surface area contributed by atoms with Gasteiger partial charge in [0, 0.05) is 0 Å². The highest BCUT2D eigenvalue weighted by Crippen LogP contribution is 2.26. The molecule has 0 aromatic heterocycles. The van der Waals surface area contributed by atoms with Gasteiger partial charge in [-0.3, -0.25) is 0 Å². The minimum atomic E-state index is -0.122. The summed E-state index contributed by atoms with van der Waals surface area (Å²) in [6, 6.07) is 12.7. The molecule has 0 aliphatic rings. The predicted molar refractivity (Wildman–Crippen MR) is 79.0 cm³/mol. The first-order valence-corrected chi connectivity index (χ1v) is 6.03. The molecule has 0 saturated carbocycles. The van der Waals surface area contributed by atoms with Gasteiger partial charge in [-0.2, -0.15) is 0 Å². The second-order valence-electron chi connectivity index (χ2n) is 4.42. The molecule has 0 spiro atoms. The van der Waals surface area contributed by atoms with E-state index in [2.05, 4.69) is 6.58 Å². The second kappa shape index (κ2) is 5.44. The zero-order valence-corrected chi connectivity index (χ0v) is 10.8. The number of benzene rings is 2. The largest absolute Gasteiger partial charge is 0.504 e.